The Morgan fingerprint density at radius 2 is 2.19 bits per heavy atom. The molecule has 0 aliphatic rings. The van der Waals surface area contributed by atoms with Crippen molar-refractivity contribution in [3.63, 3.8) is 0 Å². The van der Waals surface area contributed by atoms with Crippen molar-refractivity contribution in [1.29, 1.82) is 0 Å². The highest BCUT2D eigenvalue weighted by Gasteiger charge is 2.25. The molecule has 1 unspecified atom stereocenters. The first-order valence-corrected chi connectivity index (χ1v) is 6.64. The number of anilines is 1. The van der Waals surface area contributed by atoms with Gasteiger partial charge in [0.1, 0.15) is 5.82 Å². The quantitative estimate of drug-likeness (QED) is 0.861. The average Bonchev–Trinajstić information content (AvgIpc) is 2.93. The molecular formula is C15H18FN3O2. The van der Waals surface area contributed by atoms with Crippen molar-refractivity contribution in [3.8, 4) is 0 Å². The molecule has 112 valence electrons. The summed E-state index contributed by atoms with van der Waals surface area (Å²) in [6.45, 7) is 3.98. The number of nitrogens with zero attached hydrogens (tertiary/aromatic N) is 2. The zero-order chi connectivity index (χ0) is 15.4. The molecular weight excluding hydrogens is 273 g/mol. The van der Waals surface area contributed by atoms with Gasteiger partial charge in [0.15, 0.2) is 6.04 Å². The number of carbonyl (C=O) groups is 1. The third-order valence-electron chi connectivity index (χ3n) is 3.12. The standard InChI is InChI=1S/C15H18FN3O2/c1-10(2)19-9-17-8-13(19)14(15(20)21-3)18-12-6-4-5-11(16)7-12/h4-10,14,18H,1-3H3. The smallest absolute Gasteiger partial charge is 0.334 e. The van der Waals surface area contributed by atoms with Gasteiger partial charge in [-0.15, -0.1) is 0 Å². The molecule has 0 saturated carbocycles. The summed E-state index contributed by atoms with van der Waals surface area (Å²) in [5, 5.41) is 2.99. The molecule has 0 spiro atoms. The van der Waals surface area contributed by atoms with Crippen LogP contribution in [0.25, 0.3) is 0 Å². The van der Waals surface area contributed by atoms with E-state index in [4.69, 9.17) is 4.74 Å². The molecule has 1 aromatic carbocycles. The summed E-state index contributed by atoms with van der Waals surface area (Å²) in [7, 11) is 1.32. The van der Waals surface area contributed by atoms with Crippen molar-refractivity contribution in [2.75, 3.05) is 12.4 Å². The number of halogens is 1. The lowest BCUT2D eigenvalue weighted by Gasteiger charge is -2.21. The van der Waals surface area contributed by atoms with Crippen LogP contribution >= 0.6 is 0 Å². The molecule has 1 heterocycles. The number of ether oxygens (including phenoxy) is 1. The van der Waals surface area contributed by atoms with E-state index < -0.39 is 12.0 Å². The van der Waals surface area contributed by atoms with E-state index in [1.165, 1.54) is 19.2 Å². The highest BCUT2D eigenvalue weighted by atomic mass is 19.1. The minimum Gasteiger partial charge on any atom is -0.467 e. The molecule has 1 atom stereocenters. The summed E-state index contributed by atoms with van der Waals surface area (Å²) in [4.78, 5) is 16.1. The van der Waals surface area contributed by atoms with E-state index in [2.05, 4.69) is 10.3 Å². The van der Waals surface area contributed by atoms with Crippen molar-refractivity contribution in [2.24, 2.45) is 0 Å². The van der Waals surface area contributed by atoms with Crippen LogP contribution in [0.2, 0.25) is 0 Å². The van der Waals surface area contributed by atoms with Gasteiger partial charge >= 0.3 is 5.97 Å². The van der Waals surface area contributed by atoms with Gasteiger partial charge in [-0.1, -0.05) is 6.07 Å². The van der Waals surface area contributed by atoms with Crippen molar-refractivity contribution < 1.29 is 13.9 Å². The fourth-order valence-electron chi connectivity index (χ4n) is 2.09. The summed E-state index contributed by atoms with van der Waals surface area (Å²) in [6, 6.07) is 5.33. The lowest BCUT2D eigenvalue weighted by molar-refractivity contribution is -0.141. The largest absolute Gasteiger partial charge is 0.467 e. The van der Waals surface area contributed by atoms with Crippen LogP contribution in [0.3, 0.4) is 0 Å². The van der Waals surface area contributed by atoms with Crippen LogP contribution in [-0.4, -0.2) is 22.6 Å². The number of hydrogen-bond acceptors (Lipinski definition) is 4. The monoisotopic (exact) mass is 291 g/mol. The van der Waals surface area contributed by atoms with E-state index in [0.717, 1.165) is 0 Å². The molecule has 6 heteroatoms. The number of benzene rings is 1. The highest BCUT2D eigenvalue weighted by molar-refractivity contribution is 5.80. The number of nitrogens with one attached hydrogen (secondary N) is 1. The van der Waals surface area contributed by atoms with Gasteiger partial charge in [-0.2, -0.15) is 0 Å². The van der Waals surface area contributed by atoms with E-state index in [9.17, 15) is 9.18 Å². The summed E-state index contributed by atoms with van der Waals surface area (Å²) in [5.41, 5.74) is 1.17. The molecule has 0 radical (unpaired) electrons. The van der Waals surface area contributed by atoms with Crippen LogP contribution in [0.1, 0.15) is 31.6 Å². The lowest BCUT2D eigenvalue weighted by Crippen LogP contribution is -2.25. The fraction of sp³-hybridized carbons (Fsp3) is 0.333. The van der Waals surface area contributed by atoms with Crippen LogP contribution in [0.4, 0.5) is 10.1 Å². The van der Waals surface area contributed by atoms with Crippen molar-refractivity contribution in [2.45, 2.75) is 25.9 Å². The predicted molar refractivity (Wildman–Crippen MR) is 77.4 cm³/mol. The highest BCUT2D eigenvalue weighted by Crippen LogP contribution is 2.23. The Bertz CT molecular complexity index is 625. The molecule has 2 rings (SSSR count). The van der Waals surface area contributed by atoms with Gasteiger partial charge < -0.3 is 14.6 Å². The second-order valence-corrected chi connectivity index (χ2v) is 4.93. The lowest BCUT2D eigenvalue weighted by atomic mass is 10.2. The average molecular weight is 291 g/mol. The first kappa shape index (κ1) is 15.0. The minimum atomic E-state index is -0.748. The van der Waals surface area contributed by atoms with Crippen LogP contribution in [0.5, 0.6) is 0 Å². The Kier molecular flexibility index (Phi) is 4.57. The first-order chi connectivity index (χ1) is 10.0. The van der Waals surface area contributed by atoms with Gasteiger partial charge in [0.05, 0.1) is 25.3 Å². The summed E-state index contributed by atoms with van der Waals surface area (Å²) >= 11 is 0. The van der Waals surface area contributed by atoms with Crippen molar-refractivity contribution in [1.82, 2.24) is 9.55 Å². The predicted octanol–water partition coefficient (Wildman–Crippen LogP) is 2.93. The first-order valence-electron chi connectivity index (χ1n) is 6.64. The van der Waals surface area contributed by atoms with Gasteiger partial charge in [-0.3, -0.25) is 0 Å². The molecule has 0 bridgehead atoms. The number of imidazole rings is 1. The summed E-state index contributed by atoms with van der Waals surface area (Å²) in [5.74, 6) is -0.831. The summed E-state index contributed by atoms with van der Waals surface area (Å²) in [6.07, 6.45) is 3.26. The van der Waals surface area contributed by atoms with Crippen molar-refractivity contribution in [3.05, 3.63) is 48.3 Å². The van der Waals surface area contributed by atoms with E-state index in [0.29, 0.717) is 11.4 Å². The Labute approximate surface area is 122 Å². The van der Waals surface area contributed by atoms with Crippen LogP contribution in [0, 0.1) is 5.82 Å². The van der Waals surface area contributed by atoms with Gasteiger partial charge in [-0.25, -0.2) is 14.2 Å². The number of hydrogen-bond donors (Lipinski definition) is 1. The maximum Gasteiger partial charge on any atom is 0.334 e. The molecule has 2 aromatic rings. The number of aromatic nitrogens is 2. The van der Waals surface area contributed by atoms with Crippen LogP contribution in [0.15, 0.2) is 36.8 Å². The molecule has 1 aromatic heterocycles. The van der Waals surface area contributed by atoms with E-state index >= 15 is 0 Å². The number of methoxy groups -OCH3 is 1. The Hall–Kier alpha value is -2.37. The third-order valence-corrected chi connectivity index (χ3v) is 3.12. The maximum absolute atomic E-state index is 13.3. The van der Waals surface area contributed by atoms with Gasteiger partial charge in [0, 0.05) is 11.7 Å². The van der Waals surface area contributed by atoms with Crippen LogP contribution < -0.4 is 5.32 Å². The third kappa shape index (κ3) is 3.39. The van der Waals surface area contributed by atoms with Gasteiger partial charge in [-0.05, 0) is 32.0 Å². The second-order valence-electron chi connectivity index (χ2n) is 4.93. The molecule has 21 heavy (non-hydrogen) atoms. The molecule has 1 N–H and O–H groups in total. The molecule has 5 nitrogen and oxygen atoms in total. The zero-order valence-corrected chi connectivity index (χ0v) is 12.2. The topological polar surface area (TPSA) is 56.1 Å². The minimum absolute atomic E-state index is 0.143. The molecule has 0 aliphatic carbocycles. The van der Waals surface area contributed by atoms with Gasteiger partial charge in [0.2, 0.25) is 0 Å². The normalized spacial score (nSPS) is 12.2. The number of rotatable bonds is 5. The Balaban J connectivity index is 2.35. The number of carbonyl (C=O) groups excluding carboxylic acids is 1. The maximum atomic E-state index is 13.3. The SMILES string of the molecule is COC(=O)C(Nc1cccc(F)c1)c1cncn1C(C)C. The Morgan fingerprint density at radius 1 is 1.43 bits per heavy atom. The fourth-order valence-corrected chi connectivity index (χ4v) is 2.09. The van der Waals surface area contributed by atoms with Crippen LogP contribution in [-0.2, 0) is 9.53 Å². The molecule has 0 fully saturated rings. The molecule has 0 amide bonds. The molecule has 0 aliphatic heterocycles. The van der Waals surface area contributed by atoms with E-state index in [1.54, 1.807) is 24.7 Å². The second kappa shape index (κ2) is 6.39. The van der Waals surface area contributed by atoms with E-state index in [1.807, 2.05) is 18.4 Å². The van der Waals surface area contributed by atoms with Crippen molar-refractivity contribution >= 4 is 11.7 Å². The molecule has 0 saturated heterocycles. The van der Waals surface area contributed by atoms with Gasteiger partial charge in [0.25, 0.3) is 0 Å². The summed E-state index contributed by atoms with van der Waals surface area (Å²) < 4.78 is 20.0. The zero-order valence-electron chi connectivity index (χ0n) is 12.2. The number of esters is 1. The Morgan fingerprint density at radius 3 is 2.81 bits per heavy atom. The van der Waals surface area contributed by atoms with E-state index in [-0.39, 0.29) is 11.9 Å².